The minimum absolute atomic E-state index is 0.0143. The standard InChI is InChI=1S/C14H21N3O/c1-9-4-3-5-12(9)16-14(18)11-6-7-13(17-15)10(2)8-11/h6-9,12,17H,3-5,15H2,1-2H3,(H,16,18). The minimum atomic E-state index is 0.0143. The van der Waals surface area contributed by atoms with Gasteiger partial charge in [-0.05, 0) is 49.4 Å². The predicted molar refractivity (Wildman–Crippen MR) is 73.3 cm³/mol. The Balaban J connectivity index is 2.07. The van der Waals surface area contributed by atoms with E-state index in [4.69, 9.17) is 5.84 Å². The van der Waals surface area contributed by atoms with E-state index in [1.54, 1.807) is 6.07 Å². The number of nitrogen functional groups attached to an aromatic ring is 1. The normalized spacial score (nSPS) is 22.8. The third-order valence-corrected chi connectivity index (χ3v) is 3.82. The second-order valence-electron chi connectivity index (χ2n) is 5.16. The van der Waals surface area contributed by atoms with Crippen LogP contribution in [0.15, 0.2) is 18.2 Å². The van der Waals surface area contributed by atoms with Crippen LogP contribution in [-0.2, 0) is 0 Å². The molecule has 2 rings (SSSR count). The summed E-state index contributed by atoms with van der Waals surface area (Å²) >= 11 is 0. The van der Waals surface area contributed by atoms with Crippen molar-refractivity contribution in [3.63, 3.8) is 0 Å². The number of carbonyl (C=O) groups is 1. The fraction of sp³-hybridized carbons (Fsp3) is 0.500. The second kappa shape index (κ2) is 5.40. The maximum atomic E-state index is 12.1. The lowest BCUT2D eigenvalue weighted by atomic mass is 10.0. The van der Waals surface area contributed by atoms with Crippen LogP contribution in [0.3, 0.4) is 0 Å². The smallest absolute Gasteiger partial charge is 0.251 e. The first-order chi connectivity index (χ1) is 8.61. The maximum absolute atomic E-state index is 12.1. The molecule has 1 aromatic carbocycles. The zero-order valence-corrected chi connectivity index (χ0v) is 11.0. The molecule has 1 aromatic rings. The van der Waals surface area contributed by atoms with Crippen LogP contribution in [0.5, 0.6) is 0 Å². The van der Waals surface area contributed by atoms with Crippen LogP contribution in [0.1, 0.15) is 42.1 Å². The summed E-state index contributed by atoms with van der Waals surface area (Å²) in [6.45, 7) is 4.13. The molecule has 1 amide bonds. The number of nitrogens with one attached hydrogen (secondary N) is 2. The topological polar surface area (TPSA) is 67.2 Å². The molecule has 0 bridgehead atoms. The fourth-order valence-corrected chi connectivity index (χ4v) is 2.58. The number of hydrazine groups is 1. The van der Waals surface area contributed by atoms with Crippen LogP contribution >= 0.6 is 0 Å². The van der Waals surface area contributed by atoms with Crippen molar-refractivity contribution in [3.8, 4) is 0 Å². The third kappa shape index (κ3) is 2.64. The van der Waals surface area contributed by atoms with Gasteiger partial charge in [0.25, 0.3) is 5.91 Å². The lowest BCUT2D eigenvalue weighted by molar-refractivity contribution is 0.0929. The van der Waals surface area contributed by atoms with Gasteiger partial charge in [-0.25, -0.2) is 0 Å². The van der Waals surface area contributed by atoms with E-state index in [0.29, 0.717) is 17.5 Å². The van der Waals surface area contributed by atoms with Crippen molar-refractivity contribution in [2.24, 2.45) is 11.8 Å². The van der Waals surface area contributed by atoms with E-state index in [-0.39, 0.29) is 5.91 Å². The first kappa shape index (κ1) is 12.9. The summed E-state index contributed by atoms with van der Waals surface area (Å²) in [6.07, 6.45) is 3.51. The number of hydrogen-bond donors (Lipinski definition) is 3. The summed E-state index contributed by atoms with van der Waals surface area (Å²) in [5.74, 6) is 5.97. The molecule has 0 heterocycles. The van der Waals surface area contributed by atoms with Crippen molar-refractivity contribution >= 4 is 11.6 Å². The molecule has 2 unspecified atom stereocenters. The van der Waals surface area contributed by atoms with Crippen molar-refractivity contribution in [1.29, 1.82) is 0 Å². The molecule has 18 heavy (non-hydrogen) atoms. The highest BCUT2D eigenvalue weighted by atomic mass is 16.1. The number of benzene rings is 1. The number of hydrogen-bond acceptors (Lipinski definition) is 3. The van der Waals surface area contributed by atoms with Gasteiger partial charge in [0.05, 0.1) is 5.69 Å². The number of anilines is 1. The van der Waals surface area contributed by atoms with Crippen LogP contribution in [0.4, 0.5) is 5.69 Å². The van der Waals surface area contributed by atoms with Gasteiger partial charge in [-0.15, -0.1) is 0 Å². The summed E-state index contributed by atoms with van der Waals surface area (Å²) in [5, 5.41) is 3.12. The molecular formula is C14H21N3O. The Labute approximate surface area is 108 Å². The highest BCUT2D eigenvalue weighted by molar-refractivity contribution is 5.95. The Morgan fingerprint density at radius 3 is 2.72 bits per heavy atom. The first-order valence-corrected chi connectivity index (χ1v) is 6.50. The molecule has 0 saturated heterocycles. The van der Waals surface area contributed by atoms with Gasteiger partial charge in [0.2, 0.25) is 0 Å². The van der Waals surface area contributed by atoms with Crippen molar-refractivity contribution < 1.29 is 4.79 Å². The molecule has 1 fully saturated rings. The molecule has 2 atom stereocenters. The van der Waals surface area contributed by atoms with E-state index in [0.717, 1.165) is 17.7 Å². The Bertz CT molecular complexity index is 445. The Hall–Kier alpha value is -1.55. The van der Waals surface area contributed by atoms with Gasteiger partial charge in [-0.2, -0.15) is 0 Å². The van der Waals surface area contributed by atoms with Gasteiger partial charge in [0.15, 0.2) is 0 Å². The summed E-state index contributed by atoms with van der Waals surface area (Å²) in [5.41, 5.74) is 5.13. The Morgan fingerprint density at radius 2 is 2.17 bits per heavy atom. The predicted octanol–water partition coefficient (Wildman–Crippen LogP) is 2.20. The van der Waals surface area contributed by atoms with Gasteiger partial charge in [0.1, 0.15) is 0 Å². The molecular weight excluding hydrogens is 226 g/mol. The van der Waals surface area contributed by atoms with Crippen LogP contribution in [0.25, 0.3) is 0 Å². The second-order valence-corrected chi connectivity index (χ2v) is 5.16. The number of nitrogens with two attached hydrogens (primary N) is 1. The van der Waals surface area contributed by atoms with E-state index in [1.807, 2.05) is 19.1 Å². The molecule has 0 aromatic heterocycles. The molecule has 98 valence electrons. The molecule has 1 aliphatic rings. The van der Waals surface area contributed by atoms with Crippen LogP contribution in [-0.4, -0.2) is 11.9 Å². The number of aryl methyl sites for hydroxylation is 1. The van der Waals surface area contributed by atoms with Crippen LogP contribution in [0, 0.1) is 12.8 Å². The van der Waals surface area contributed by atoms with Crippen LogP contribution in [0.2, 0.25) is 0 Å². The summed E-state index contributed by atoms with van der Waals surface area (Å²) in [7, 11) is 0. The highest BCUT2D eigenvalue weighted by Crippen LogP contribution is 2.25. The summed E-state index contributed by atoms with van der Waals surface area (Å²) < 4.78 is 0. The number of rotatable bonds is 3. The molecule has 0 radical (unpaired) electrons. The van der Waals surface area contributed by atoms with E-state index in [1.165, 1.54) is 12.8 Å². The van der Waals surface area contributed by atoms with E-state index in [2.05, 4.69) is 17.7 Å². The van der Waals surface area contributed by atoms with Crippen molar-refractivity contribution in [2.75, 3.05) is 5.43 Å². The minimum Gasteiger partial charge on any atom is -0.349 e. The largest absolute Gasteiger partial charge is 0.349 e. The zero-order valence-electron chi connectivity index (χ0n) is 11.0. The lowest BCUT2D eigenvalue weighted by Crippen LogP contribution is -2.36. The Morgan fingerprint density at radius 1 is 1.39 bits per heavy atom. The van der Waals surface area contributed by atoms with E-state index >= 15 is 0 Å². The zero-order chi connectivity index (χ0) is 13.1. The SMILES string of the molecule is Cc1cc(C(=O)NC2CCCC2C)ccc1NN. The summed E-state index contributed by atoms with van der Waals surface area (Å²) in [6, 6.07) is 5.83. The quantitative estimate of drug-likeness (QED) is 0.566. The van der Waals surface area contributed by atoms with Gasteiger partial charge >= 0.3 is 0 Å². The van der Waals surface area contributed by atoms with Crippen LogP contribution < -0.4 is 16.6 Å². The molecule has 0 spiro atoms. The molecule has 0 aliphatic heterocycles. The first-order valence-electron chi connectivity index (χ1n) is 6.50. The fourth-order valence-electron chi connectivity index (χ4n) is 2.58. The highest BCUT2D eigenvalue weighted by Gasteiger charge is 2.25. The van der Waals surface area contributed by atoms with Crippen molar-refractivity contribution in [2.45, 2.75) is 39.2 Å². The monoisotopic (exact) mass is 247 g/mol. The average Bonchev–Trinajstić information content (AvgIpc) is 2.75. The lowest BCUT2D eigenvalue weighted by Gasteiger charge is -2.17. The Kier molecular flexibility index (Phi) is 3.87. The molecule has 1 saturated carbocycles. The maximum Gasteiger partial charge on any atom is 0.251 e. The van der Waals surface area contributed by atoms with Gasteiger partial charge < -0.3 is 10.7 Å². The number of amides is 1. The van der Waals surface area contributed by atoms with Gasteiger partial charge in [0, 0.05) is 11.6 Å². The van der Waals surface area contributed by atoms with Gasteiger partial charge in [-0.1, -0.05) is 13.3 Å². The van der Waals surface area contributed by atoms with Crippen molar-refractivity contribution in [3.05, 3.63) is 29.3 Å². The number of carbonyl (C=O) groups excluding carboxylic acids is 1. The third-order valence-electron chi connectivity index (χ3n) is 3.82. The van der Waals surface area contributed by atoms with E-state index in [9.17, 15) is 4.79 Å². The molecule has 4 nitrogen and oxygen atoms in total. The van der Waals surface area contributed by atoms with E-state index < -0.39 is 0 Å². The van der Waals surface area contributed by atoms with Gasteiger partial charge in [-0.3, -0.25) is 10.6 Å². The van der Waals surface area contributed by atoms with Crippen molar-refractivity contribution in [1.82, 2.24) is 5.32 Å². The molecule has 4 N–H and O–H groups in total. The molecule has 1 aliphatic carbocycles. The molecule has 4 heteroatoms. The average molecular weight is 247 g/mol. The summed E-state index contributed by atoms with van der Waals surface area (Å²) in [4.78, 5) is 12.1.